The minimum absolute atomic E-state index is 0.0159. The fraction of sp³-hybridized carbons (Fsp3) is 0.150. The Morgan fingerprint density at radius 1 is 1.04 bits per heavy atom. The number of amides is 2. The molecule has 2 heterocycles. The van der Waals surface area contributed by atoms with Gasteiger partial charge in [0.15, 0.2) is 0 Å². The van der Waals surface area contributed by atoms with Crippen LogP contribution in [0, 0.1) is 0 Å². The lowest BCUT2D eigenvalue weighted by atomic mass is 10.1. The average Bonchev–Trinajstić information content (AvgIpc) is 2.69. The van der Waals surface area contributed by atoms with Gasteiger partial charge in [-0.15, -0.1) is 0 Å². The highest BCUT2D eigenvalue weighted by molar-refractivity contribution is 6.15. The lowest BCUT2D eigenvalue weighted by Crippen LogP contribution is -2.46. The molecule has 0 aliphatic carbocycles. The SMILES string of the molecule is COc1cccc2ccc(C(=O)N3CC(=O)N(C)c4ccccc43)nc12. The second kappa shape index (κ2) is 6.15. The number of benzene rings is 2. The molecule has 0 saturated carbocycles. The first-order valence-corrected chi connectivity index (χ1v) is 8.21. The number of carbonyl (C=O) groups excluding carboxylic acids is 2. The highest BCUT2D eigenvalue weighted by Crippen LogP contribution is 2.33. The maximum atomic E-state index is 13.1. The maximum absolute atomic E-state index is 13.1. The Morgan fingerprint density at radius 3 is 2.58 bits per heavy atom. The zero-order valence-electron chi connectivity index (χ0n) is 14.5. The molecular weight excluding hydrogens is 330 g/mol. The summed E-state index contributed by atoms with van der Waals surface area (Å²) in [7, 11) is 3.28. The molecule has 0 spiro atoms. The van der Waals surface area contributed by atoms with Crippen LogP contribution in [0.1, 0.15) is 10.5 Å². The van der Waals surface area contributed by atoms with E-state index in [9.17, 15) is 9.59 Å². The van der Waals surface area contributed by atoms with Crippen molar-refractivity contribution >= 4 is 34.1 Å². The zero-order valence-corrected chi connectivity index (χ0v) is 14.5. The fourth-order valence-electron chi connectivity index (χ4n) is 3.16. The number of pyridine rings is 1. The molecule has 0 atom stereocenters. The van der Waals surface area contributed by atoms with Gasteiger partial charge in [0.1, 0.15) is 23.5 Å². The molecule has 0 unspecified atom stereocenters. The van der Waals surface area contributed by atoms with Crippen molar-refractivity contribution < 1.29 is 14.3 Å². The van der Waals surface area contributed by atoms with Crippen LogP contribution in [0.15, 0.2) is 54.6 Å². The minimum atomic E-state index is -0.313. The summed E-state index contributed by atoms with van der Waals surface area (Å²) in [6.07, 6.45) is 0. The zero-order chi connectivity index (χ0) is 18.3. The highest BCUT2D eigenvalue weighted by atomic mass is 16.5. The summed E-state index contributed by atoms with van der Waals surface area (Å²) in [6, 6.07) is 16.4. The molecule has 1 aromatic heterocycles. The Hall–Kier alpha value is -3.41. The molecule has 0 bridgehead atoms. The number of carbonyl (C=O) groups is 2. The smallest absolute Gasteiger partial charge is 0.277 e. The van der Waals surface area contributed by atoms with Crippen LogP contribution in [-0.4, -0.2) is 37.5 Å². The number of para-hydroxylation sites is 3. The molecular formula is C20H17N3O3. The van der Waals surface area contributed by atoms with Crippen molar-refractivity contribution in [1.29, 1.82) is 0 Å². The molecule has 1 aliphatic rings. The molecule has 2 aromatic carbocycles. The van der Waals surface area contributed by atoms with Gasteiger partial charge in [0.25, 0.3) is 5.91 Å². The third kappa shape index (κ3) is 2.47. The van der Waals surface area contributed by atoms with E-state index in [0.717, 1.165) is 5.39 Å². The fourth-order valence-corrected chi connectivity index (χ4v) is 3.16. The molecule has 6 nitrogen and oxygen atoms in total. The molecule has 0 saturated heterocycles. The van der Waals surface area contributed by atoms with E-state index in [1.165, 1.54) is 4.90 Å². The van der Waals surface area contributed by atoms with Gasteiger partial charge in [-0.1, -0.05) is 30.3 Å². The Balaban J connectivity index is 1.80. The van der Waals surface area contributed by atoms with Crippen molar-refractivity contribution in [3.63, 3.8) is 0 Å². The normalized spacial score (nSPS) is 13.7. The van der Waals surface area contributed by atoms with Gasteiger partial charge in [0.05, 0.1) is 18.5 Å². The summed E-state index contributed by atoms with van der Waals surface area (Å²) in [5, 5.41) is 0.885. The molecule has 130 valence electrons. The molecule has 4 rings (SSSR count). The molecule has 0 fully saturated rings. The summed E-state index contributed by atoms with van der Waals surface area (Å²) in [5.41, 5.74) is 2.29. The van der Waals surface area contributed by atoms with Crippen molar-refractivity contribution in [3.8, 4) is 5.75 Å². The third-order valence-electron chi connectivity index (χ3n) is 4.57. The number of nitrogens with zero attached hydrogens (tertiary/aromatic N) is 3. The maximum Gasteiger partial charge on any atom is 0.277 e. The third-order valence-corrected chi connectivity index (χ3v) is 4.57. The average molecular weight is 347 g/mol. The van der Waals surface area contributed by atoms with E-state index in [1.807, 2.05) is 42.5 Å². The topological polar surface area (TPSA) is 62.7 Å². The van der Waals surface area contributed by atoms with E-state index < -0.39 is 0 Å². The number of likely N-dealkylation sites (N-methyl/N-ethyl adjacent to an activating group) is 1. The van der Waals surface area contributed by atoms with Crippen molar-refractivity contribution in [1.82, 2.24) is 4.98 Å². The lowest BCUT2D eigenvalue weighted by molar-refractivity contribution is -0.117. The van der Waals surface area contributed by atoms with Gasteiger partial charge in [0.2, 0.25) is 5.91 Å². The largest absolute Gasteiger partial charge is 0.494 e. The number of hydrogen-bond acceptors (Lipinski definition) is 4. The molecule has 1 aliphatic heterocycles. The first-order valence-electron chi connectivity index (χ1n) is 8.21. The number of aromatic nitrogens is 1. The van der Waals surface area contributed by atoms with E-state index in [2.05, 4.69) is 4.98 Å². The van der Waals surface area contributed by atoms with E-state index >= 15 is 0 Å². The lowest BCUT2D eigenvalue weighted by Gasteiger charge is -2.33. The molecule has 0 N–H and O–H groups in total. The van der Waals surface area contributed by atoms with Gasteiger partial charge >= 0.3 is 0 Å². The standard InChI is InChI=1S/C20H17N3O3/c1-22-15-7-3-4-8-16(15)23(12-18(22)24)20(25)14-11-10-13-6-5-9-17(26-2)19(13)21-14/h3-11H,12H2,1-2H3. The number of ether oxygens (including phenoxy) is 1. The predicted molar refractivity (Wildman–Crippen MR) is 99.8 cm³/mol. The second-order valence-electron chi connectivity index (χ2n) is 6.06. The summed E-state index contributed by atoms with van der Waals surface area (Å²) >= 11 is 0. The number of rotatable bonds is 2. The Bertz CT molecular complexity index is 1030. The van der Waals surface area contributed by atoms with Gasteiger partial charge in [-0.05, 0) is 24.3 Å². The summed E-state index contributed by atoms with van der Waals surface area (Å²) < 4.78 is 5.35. The van der Waals surface area contributed by atoms with Gasteiger partial charge in [-0.3, -0.25) is 14.5 Å². The molecule has 0 radical (unpaired) electrons. The second-order valence-corrected chi connectivity index (χ2v) is 6.06. The van der Waals surface area contributed by atoms with E-state index in [0.29, 0.717) is 22.6 Å². The van der Waals surface area contributed by atoms with Crippen molar-refractivity contribution in [2.75, 3.05) is 30.5 Å². The Kier molecular flexibility index (Phi) is 3.80. The van der Waals surface area contributed by atoms with Crippen LogP contribution in [0.3, 0.4) is 0 Å². The van der Waals surface area contributed by atoms with Crippen LogP contribution >= 0.6 is 0 Å². The quantitative estimate of drug-likeness (QED) is 0.715. The predicted octanol–water partition coefficient (Wildman–Crippen LogP) is 2.87. The van der Waals surface area contributed by atoms with E-state index in [-0.39, 0.29) is 24.1 Å². The molecule has 6 heteroatoms. The van der Waals surface area contributed by atoms with Gasteiger partial charge in [-0.25, -0.2) is 4.98 Å². The van der Waals surface area contributed by atoms with E-state index in [4.69, 9.17) is 4.74 Å². The first kappa shape index (κ1) is 16.1. The van der Waals surface area contributed by atoms with Gasteiger partial charge < -0.3 is 9.64 Å². The Labute approximate surface area is 150 Å². The molecule has 26 heavy (non-hydrogen) atoms. The number of hydrogen-bond donors (Lipinski definition) is 0. The molecule has 2 amide bonds. The van der Waals surface area contributed by atoms with Crippen molar-refractivity contribution in [2.45, 2.75) is 0 Å². The Morgan fingerprint density at radius 2 is 1.81 bits per heavy atom. The number of fused-ring (bicyclic) bond motifs is 2. The summed E-state index contributed by atoms with van der Waals surface area (Å²) in [4.78, 5) is 33.0. The minimum Gasteiger partial charge on any atom is -0.494 e. The first-order chi connectivity index (χ1) is 12.6. The van der Waals surface area contributed by atoms with Crippen molar-refractivity contribution in [3.05, 3.63) is 60.3 Å². The van der Waals surface area contributed by atoms with Gasteiger partial charge in [0, 0.05) is 12.4 Å². The van der Waals surface area contributed by atoms with E-state index in [1.54, 1.807) is 31.2 Å². The highest BCUT2D eigenvalue weighted by Gasteiger charge is 2.31. The van der Waals surface area contributed by atoms with Crippen molar-refractivity contribution in [2.24, 2.45) is 0 Å². The van der Waals surface area contributed by atoms with Crippen LogP contribution in [0.5, 0.6) is 5.75 Å². The van der Waals surface area contributed by atoms with Crippen LogP contribution < -0.4 is 14.5 Å². The molecule has 3 aromatic rings. The van der Waals surface area contributed by atoms with Crippen LogP contribution in [-0.2, 0) is 4.79 Å². The van der Waals surface area contributed by atoms with Crippen LogP contribution in [0.2, 0.25) is 0 Å². The number of methoxy groups -OCH3 is 1. The summed E-state index contributed by atoms with van der Waals surface area (Å²) in [5.74, 6) is 0.147. The monoisotopic (exact) mass is 347 g/mol. The van der Waals surface area contributed by atoms with Crippen LogP contribution in [0.25, 0.3) is 10.9 Å². The summed E-state index contributed by atoms with van der Waals surface area (Å²) in [6.45, 7) is -0.0159. The van der Waals surface area contributed by atoms with Gasteiger partial charge in [-0.2, -0.15) is 0 Å². The van der Waals surface area contributed by atoms with Crippen LogP contribution in [0.4, 0.5) is 11.4 Å². The number of anilines is 2.